The number of aromatic nitrogens is 5. The van der Waals surface area contributed by atoms with E-state index in [1.165, 1.54) is 21.8 Å². The van der Waals surface area contributed by atoms with Crippen LogP contribution in [0.2, 0.25) is 0 Å². The van der Waals surface area contributed by atoms with Gasteiger partial charge in [-0.3, -0.25) is 14.2 Å². The summed E-state index contributed by atoms with van der Waals surface area (Å²) >= 11 is 0. The van der Waals surface area contributed by atoms with Crippen molar-refractivity contribution in [2.24, 2.45) is 7.05 Å². The van der Waals surface area contributed by atoms with Crippen molar-refractivity contribution in [3.8, 4) is 0 Å². The molecule has 0 aliphatic heterocycles. The first-order chi connectivity index (χ1) is 10.1. The van der Waals surface area contributed by atoms with Crippen molar-refractivity contribution in [3.05, 3.63) is 40.8 Å². The maximum absolute atomic E-state index is 12.1. The number of carbonyl (C=O) groups is 1. The summed E-state index contributed by atoms with van der Waals surface area (Å²) in [6.07, 6.45) is 2.83. The van der Waals surface area contributed by atoms with Gasteiger partial charge >= 0.3 is 0 Å². The fourth-order valence-corrected chi connectivity index (χ4v) is 1.87. The van der Waals surface area contributed by atoms with Crippen LogP contribution in [0.4, 0.5) is 0 Å². The van der Waals surface area contributed by atoms with Gasteiger partial charge in [0.15, 0.2) is 11.2 Å². The lowest BCUT2D eigenvalue weighted by atomic mass is 10.4. The van der Waals surface area contributed by atoms with Crippen LogP contribution in [0, 0.1) is 0 Å². The average molecular weight is 288 g/mol. The summed E-state index contributed by atoms with van der Waals surface area (Å²) in [5.74, 6) is 0.316. The fourth-order valence-electron chi connectivity index (χ4n) is 1.87. The first-order valence-corrected chi connectivity index (χ1v) is 6.19. The highest BCUT2D eigenvalue weighted by atomic mass is 16.3. The molecule has 0 saturated carbocycles. The van der Waals surface area contributed by atoms with Crippen LogP contribution in [0.1, 0.15) is 5.76 Å². The quantitative estimate of drug-likeness (QED) is 0.689. The Morgan fingerprint density at radius 2 is 2.33 bits per heavy atom. The van der Waals surface area contributed by atoms with E-state index >= 15 is 0 Å². The molecule has 0 radical (unpaired) electrons. The Bertz CT molecular complexity index is 832. The Morgan fingerprint density at radius 1 is 1.48 bits per heavy atom. The van der Waals surface area contributed by atoms with Crippen LogP contribution in [0.5, 0.6) is 0 Å². The van der Waals surface area contributed by atoms with Crippen LogP contribution in [0.25, 0.3) is 11.2 Å². The van der Waals surface area contributed by atoms with Gasteiger partial charge in [-0.15, -0.1) is 5.10 Å². The van der Waals surface area contributed by atoms with Gasteiger partial charge in [0.05, 0.1) is 12.8 Å². The number of hydrogen-bond donors (Lipinski definition) is 1. The summed E-state index contributed by atoms with van der Waals surface area (Å²) < 4.78 is 7.69. The third-order valence-corrected chi connectivity index (χ3v) is 2.93. The van der Waals surface area contributed by atoms with Crippen LogP contribution in [-0.2, 0) is 24.9 Å². The Kier molecular flexibility index (Phi) is 3.22. The molecule has 3 aromatic heterocycles. The summed E-state index contributed by atoms with van der Waals surface area (Å²) in [4.78, 5) is 28.0. The first-order valence-electron chi connectivity index (χ1n) is 6.19. The van der Waals surface area contributed by atoms with Gasteiger partial charge in [0.2, 0.25) is 5.91 Å². The minimum absolute atomic E-state index is 0.138. The van der Waals surface area contributed by atoms with E-state index in [4.69, 9.17) is 4.42 Å². The SMILES string of the molecule is Cn1nnc2c(=O)n(CC(=O)NCc3ccco3)cnc21. The van der Waals surface area contributed by atoms with Crippen molar-refractivity contribution in [2.45, 2.75) is 13.1 Å². The molecule has 0 aromatic carbocycles. The predicted molar refractivity (Wildman–Crippen MR) is 71.1 cm³/mol. The van der Waals surface area contributed by atoms with Crippen molar-refractivity contribution in [1.29, 1.82) is 0 Å². The van der Waals surface area contributed by atoms with Crippen LogP contribution in [0.15, 0.2) is 33.9 Å². The molecule has 0 bridgehead atoms. The number of hydrogen-bond acceptors (Lipinski definition) is 6. The topological polar surface area (TPSA) is 108 Å². The minimum atomic E-state index is -0.402. The number of rotatable bonds is 4. The Labute approximate surface area is 118 Å². The Hall–Kier alpha value is -2.97. The van der Waals surface area contributed by atoms with Gasteiger partial charge in [-0.05, 0) is 12.1 Å². The van der Waals surface area contributed by atoms with Gasteiger partial charge < -0.3 is 9.73 Å². The predicted octanol–water partition coefficient (Wildman–Crippen LogP) is -0.566. The van der Waals surface area contributed by atoms with Crippen LogP contribution >= 0.6 is 0 Å². The minimum Gasteiger partial charge on any atom is -0.467 e. The largest absolute Gasteiger partial charge is 0.467 e. The molecule has 108 valence electrons. The van der Waals surface area contributed by atoms with Gasteiger partial charge in [-0.25, -0.2) is 9.67 Å². The van der Waals surface area contributed by atoms with Crippen molar-refractivity contribution in [2.75, 3.05) is 0 Å². The zero-order valence-corrected chi connectivity index (χ0v) is 11.2. The van der Waals surface area contributed by atoms with E-state index in [1.807, 2.05) is 0 Å². The third-order valence-electron chi connectivity index (χ3n) is 2.93. The van der Waals surface area contributed by atoms with E-state index in [1.54, 1.807) is 19.2 Å². The first kappa shape index (κ1) is 13.0. The van der Waals surface area contributed by atoms with Gasteiger partial charge in [0.25, 0.3) is 5.56 Å². The number of fused-ring (bicyclic) bond motifs is 1. The zero-order chi connectivity index (χ0) is 14.8. The van der Waals surface area contributed by atoms with E-state index in [-0.39, 0.29) is 24.5 Å². The van der Waals surface area contributed by atoms with E-state index in [2.05, 4.69) is 20.6 Å². The van der Waals surface area contributed by atoms with Crippen LogP contribution < -0.4 is 10.9 Å². The third kappa shape index (κ3) is 2.53. The molecule has 0 saturated heterocycles. The molecule has 0 aliphatic rings. The maximum atomic E-state index is 12.1. The van der Waals surface area contributed by atoms with Gasteiger partial charge in [0.1, 0.15) is 18.6 Å². The molecule has 0 unspecified atom stereocenters. The summed E-state index contributed by atoms with van der Waals surface area (Å²) in [5, 5.41) is 10.1. The molecular formula is C12H12N6O3. The molecule has 0 aliphatic carbocycles. The normalized spacial score (nSPS) is 10.9. The molecule has 3 heterocycles. The molecular weight excluding hydrogens is 276 g/mol. The second kappa shape index (κ2) is 5.19. The molecule has 3 aromatic rings. The maximum Gasteiger partial charge on any atom is 0.283 e. The van der Waals surface area contributed by atoms with Crippen LogP contribution in [-0.4, -0.2) is 30.5 Å². The lowest BCUT2D eigenvalue weighted by molar-refractivity contribution is -0.122. The lowest BCUT2D eigenvalue weighted by Crippen LogP contribution is -2.32. The number of furan rings is 1. The van der Waals surface area contributed by atoms with Crippen molar-refractivity contribution in [1.82, 2.24) is 29.9 Å². The monoisotopic (exact) mass is 288 g/mol. The molecule has 9 nitrogen and oxygen atoms in total. The molecule has 1 amide bonds. The standard InChI is InChI=1S/C12H12N6O3/c1-17-11-10(15-16-17)12(20)18(7-14-11)6-9(19)13-5-8-3-2-4-21-8/h2-4,7H,5-6H2,1H3,(H,13,19). The van der Waals surface area contributed by atoms with Crippen molar-refractivity contribution < 1.29 is 9.21 Å². The molecule has 1 N–H and O–H groups in total. The van der Waals surface area contributed by atoms with E-state index < -0.39 is 5.56 Å². The van der Waals surface area contributed by atoms with E-state index in [9.17, 15) is 9.59 Å². The van der Waals surface area contributed by atoms with Gasteiger partial charge in [-0.1, -0.05) is 5.21 Å². The number of amides is 1. The van der Waals surface area contributed by atoms with Crippen molar-refractivity contribution in [3.63, 3.8) is 0 Å². The fraction of sp³-hybridized carbons (Fsp3) is 0.250. The second-order valence-electron chi connectivity index (χ2n) is 4.42. The summed E-state index contributed by atoms with van der Waals surface area (Å²) in [7, 11) is 1.64. The highest BCUT2D eigenvalue weighted by Crippen LogP contribution is 2.00. The summed E-state index contributed by atoms with van der Waals surface area (Å²) in [6.45, 7) is 0.125. The number of aryl methyl sites for hydroxylation is 1. The van der Waals surface area contributed by atoms with Gasteiger partial charge in [0, 0.05) is 7.05 Å². The summed E-state index contributed by atoms with van der Waals surface area (Å²) in [5.41, 5.74) is 0.118. The molecule has 0 spiro atoms. The number of nitrogens with one attached hydrogen (secondary N) is 1. The molecule has 0 fully saturated rings. The van der Waals surface area contributed by atoms with Gasteiger partial charge in [-0.2, -0.15) is 0 Å². The Morgan fingerprint density at radius 3 is 3.10 bits per heavy atom. The van der Waals surface area contributed by atoms with E-state index in [0.29, 0.717) is 11.4 Å². The lowest BCUT2D eigenvalue weighted by Gasteiger charge is -2.05. The second-order valence-corrected chi connectivity index (χ2v) is 4.42. The summed E-state index contributed by atoms with van der Waals surface area (Å²) in [6, 6.07) is 3.48. The molecule has 3 rings (SSSR count). The molecule has 21 heavy (non-hydrogen) atoms. The highest BCUT2D eigenvalue weighted by molar-refractivity contribution is 5.76. The smallest absolute Gasteiger partial charge is 0.283 e. The number of carbonyl (C=O) groups excluding carboxylic acids is 1. The molecule has 9 heteroatoms. The van der Waals surface area contributed by atoms with E-state index in [0.717, 1.165) is 0 Å². The Balaban J connectivity index is 1.74. The molecule has 0 atom stereocenters. The highest BCUT2D eigenvalue weighted by Gasteiger charge is 2.12. The average Bonchev–Trinajstić information content (AvgIpc) is 3.10. The number of nitrogens with zero attached hydrogens (tertiary/aromatic N) is 5. The van der Waals surface area contributed by atoms with Crippen molar-refractivity contribution >= 4 is 17.1 Å². The zero-order valence-electron chi connectivity index (χ0n) is 11.2. The van der Waals surface area contributed by atoms with Crippen LogP contribution in [0.3, 0.4) is 0 Å².